The fourth-order valence-corrected chi connectivity index (χ4v) is 3.02. The van der Waals surface area contributed by atoms with E-state index < -0.39 is 12.0 Å². The van der Waals surface area contributed by atoms with Crippen LogP contribution in [0.5, 0.6) is 0 Å². The molecule has 1 aliphatic rings. The van der Waals surface area contributed by atoms with E-state index in [4.69, 9.17) is 4.74 Å². The second-order valence-corrected chi connectivity index (χ2v) is 6.61. The zero-order valence-electron chi connectivity index (χ0n) is 13.8. The number of hydrogen-bond acceptors (Lipinski definition) is 6. The van der Waals surface area contributed by atoms with Crippen molar-refractivity contribution >= 4 is 34.7 Å². The van der Waals surface area contributed by atoms with Gasteiger partial charge in [-0.1, -0.05) is 18.7 Å². The van der Waals surface area contributed by atoms with Crippen molar-refractivity contribution in [1.82, 2.24) is 10.2 Å². The maximum Gasteiger partial charge on any atom is 0.325 e. The summed E-state index contributed by atoms with van der Waals surface area (Å²) in [7, 11) is 0. The molecule has 1 saturated heterocycles. The summed E-state index contributed by atoms with van der Waals surface area (Å²) in [6.45, 7) is 5.49. The minimum atomic E-state index is -0.554. The van der Waals surface area contributed by atoms with Gasteiger partial charge in [0.05, 0.1) is 6.61 Å². The lowest BCUT2D eigenvalue weighted by Crippen LogP contribution is -2.48. The normalized spacial score (nSPS) is 18.4. The Morgan fingerprint density at radius 3 is 2.65 bits per heavy atom. The summed E-state index contributed by atoms with van der Waals surface area (Å²) < 4.78 is 4.75. The van der Waals surface area contributed by atoms with E-state index in [0.29, 0.717) is 18.7 Å². The second kappa shape index (κ2) is 9.54. The molecular formula is C15H24N2O5S. The van der Waals surface area contributed by atoms with Crippen molar-refractivity contribution in [2.75, 3.05) is 25.4 Å². The smallest absolute Gasteiger partial charge is 0.325 e. The third kappa shape index (κ3) is 6.21. The van der Waals surface area contributed by atoms with Crippen LogP contribution in [0.25, 0.3) is 0 Å². The Morgan fingerprint density at radius 2 is 2.04 bits per heavy atom. The van der Waals surface area contributed by atoms with Crippen LogP contribution in [0.4, 0.5) is 0 Å². The monoisotopic (exact) mass is 344 g/mol. The van der Waals surface area contributed by atoms with Gasteiger partial charge >= 0.3 is 5.97 Å². The van der Waals surface area contributed by atoms with Crippen LogP contribution in [-0.4, -0.2) is 59.3 Å². The molecule has 2 amide bonds. The molecule has 1 N–H and O–H groups in total. The Bertz CT molecular complexity index is 469. The molecule has 1 fully saturated rings. The summed E-state index contributed by atoms with van der Waals surface area (Å²) >= 11 is 1.11. The van der Waals surface area contributed by atoms with Crippen LogP contribution >= 0.6 is 11.8 Å². The van der Waals surface area contributed by atoms with E-state index in [1.54, 1.807) is 18.7 Å². The first-order valence-corrected chi connectivity index (χ1v) is 8.72. The highest BCUT2D eigenvalue weighted by Crippen LogP contribution is 2.21. The van der Waals surface area contributed by atoms with Crippen LogP contribution < -0.4 is 5.32 Å². The standard InChI is InChI=1S/C15H24N2O5S/c1-4-22-13(19)8-16-14(20)12-6-5-7-17(12)15(21)10(2)9-23-11(3)18/h10,12H,4-9H2,1-3H3,(H,16,20)/t10?,12-/m0/s1. The molecule has 23 heavy (non-hydrogen) atoms. The Balaban J connectivity index is 2.54. The van der Waals surface area contributed by atoms with Gasteiger partial charge in [0.2, 0.25) is 11.8 Å². The molecule has 0 bridgehead atoms. The Hall–Kier alpha value is -1.57. The molecule has 0 radical (unpaired) electrons. The van der Waals surface area contributed by atoms with Crippen LogP contribution in [0, 0.1) is 5.92 Å². The van der Waals surface area contributed by atoms with E-state index in [1.165, 1.54) is 6.92 Å². The highest BCUT2D eigenvalue weighted by molar-refractivity contribution is 8.13. The van der Waals surface area contributed by atoms with Gasteiger partial charge in [-0.25, -0.2) is 0 Å². The zero-order valence-corrected chi connectivity index (χ0v) is 14.6. The quantitative estimate of drug-likeness (QED) is 0.679. The van der Waals surface area contributed by atoms with E-state index in [9.17, 15) is 19.2 Å². The third-order valence-corrected chi connectivity index (χ3v) is 4.58. The van der Waals surface area contributed by atoms with Crippen molar-refractivity contribution in [2.24, 2.45) is 5.92 Å². The van der Waals surface area contributed by atoms with E-state index >= 15 is 0 Å². The van der Waals surface area contributed by atoms with Crippen molar-refractivity contribution in [1.29, 1.82) is 0 Å². The summed E-state index contributed by atoms with van der Waals surface area (Å²) in [6.07, 6.45) is 1.32. The van der Waals surface area contributed by atoms with Crippen LogP contribution in [0.15, 0.2) is 0 Å². The zero-order chi connectivity index (χ0) is 17.4. The molecule has 7 nitrogen and oxygen atoms in total. The number of amides is 2. The van der Waals surface area contributed by atoms with Gasteiger partial charge in [-0.05, 0) is 19.8 Å². The molecule has 0 aromatic rings. The fraction of sp³-hybridized carbons (Fsp3) is 0.733. The van der Waals surface area contributed by atoms with Gasteiger partial charge in [0.1, 0.15) is 12.6 Å². The van der Waals surface area contributed by atoms with E-state index in [1.807, 2.05) is 0 Å². The number of nitrogens with zero attached hydrogens (tertiary/aromatic N) is 1. The van der Waals surface area contributed by atoms with Gasteiger partial charge in [-0.15, -0.1) is 0 Å². The molecule has 0 spiro atoms. The summed E-state index contributed by atoms with van der Waals surface area (Å²) in [4.78, 5) is 48.5. The van der Waals surface area contributed by atoms with Crippen LogP contribution in [-0.2, 0) is 23.9 Å². The fourth-order valence-electron chi connectivity index (χ4n) is 2.39. The van der Waals surface area contributed by atoms with Gasteiger partial charge in [0, 0.05) is 25.1 Å². The van der Waals surface area contributed by atoms with Crippen molar-refractivity contribution in [3.8, 4) is 0 Å². The number of thioether (sulfide) groups is 1. The SMILES string of the molecule is CCOC(=O)CNC(=O)[C@@H]1CCCN1C(=O)C(C)CSC(C)=O. The van der Waals surface area contributed by atoms with Crippen molar-refractivity contribution in [2.45, 2.75) is 39.7 Å². The van der Waals surface area contributed by atoms with Gasteiger partial charge in [-0.2, -0.15) is 0 Å². The predicted molar refractivity (Wildman–Crippen MR) is 86.7 cm³/mol. The van der Waals surface area contributed by atoms with Gasteiger partial charge in [0.25, 0.3) is 0 Å². The lowest BCUT2D eigenvalue weighted by Gasteiger charge is -2.26. The Morgan fingerprint density at radius 1 is 1.35 bits per heavy atom. The maximum atomic E-state index is 12.4. The van der Waals surface area contributed by atoms with Crippen LogP contribution in [0.3, 0.4) is 0 Å². The molecule has 0 saturated carbocycles. The molecule has 0 aromatic carbocycles. The maximum absolute atomic E-state index is 12.4. The number of rotatable bonds is 7. The number of carbonyl (C=O) groups is 4. The lowest BCUT2D eigenvalue weighted by molar-refractivity contribution is -0.144. The molecule has 8 heteroatoms. The van der Waals surface area contributed by atoms with Crippen LogP contribution in [0.1, 0.15) is 33.6 Å². The number of hydrogen-bond donors (Lipinski definition) is 1. The van der Waals surface area contributed by atoms with E-state index in [0.717, 1.165) is 18.2 Å². The number of carbonyl (C=O) groups excluding carboxylic acids is 4. The molecule has 2 atom stereocenters. The summed E-state index contributed by atoms with van der Waals surface area (Å²) in [6, 6.07) is -0.554. The van der Waals surface area contributed by atoms with Crippen molar-refractivity contribution in [3.63, 3.8) is 0 Å². The highest BCUT2D eigenvalue weighted by Gasteiger charge is 2.35. The number of ether oxygens (including phenoxy) is 1. The predicted octanol–water partition coefficient (Wildman–Crippen LogP) is 0.572. The molecule has 0 aromatic heterocycles. The van der Waals surface area contributed by atoms with E-state index in [2.05, 4.69) is 5.32 Å². The number of likely N-dealkylation sites (tertiary alicyclic amines) is 1. The average Bonchev–Trinajstić information content (AvgIpc) is 2.99. The van der Waals surface area contributed by atoms with Gasteiger partial charge in [-0.3, -0.25) is 19.2 Å². The topological polar surface area (TPSA) is 92.8 Å². The molecule has 1 rings (SSSR count). The summed E-state index contributed by atoms with van der Waals surface area (Å²) in [5.41, 5.74) is 0. The first kappa shape index (κ1) is 19.5. The van der Waals surface area contributed by atoms with Gasteiger partial charge in [0.15, 0.2) is 5.12 Å². The highest BCUT2D eigenvalue weighted by atomic mass is 32.2. The third-order valence-electron chi connectivity index (χ3n) is 3.51. The minimum Gasteiger partial charge on any atom is -0.465 e. The molecular weight excluding hydrogens is 320 g/mol. The first-order valence-electron chi connectivity index (χ1n) is 7.74. The lowest BCUT2D eigenvalue weighted by atomic mass is 10.1. The van der Waals surface area contributed by atoms with Crippen molar-refractivity contribution < 1.29 is 23.9 Å². The Labute approximate surface area is 140 Å². The first-order chi connectivity index (χ1) is 10.9. The second-order valence-electron chi connectivity index (χ2n) is 5.42. The number of esters is 1. The summed E-state index contributed by atoms with van der Waals surface area (Å²) in [5, 5.41) is 2.48. The number of nitrogens with one attached hydrogen (secondary N) is 1. The molecule has 130 valence electrons. The molecule has 0 aliphatic carbocycles. The molecule has 1 unspecified atom stereocenters. The summed E-state index contributed by atoms with van der Waals surface area (Å²) in [5.74, 6) is -0.893. The largest absolute Gasteiger partial charge is 0.465 e. The van der Waals surface area contributed by atoms with E-state index in [-0.39, 0.29) is 36.0 Å². The Kier molecular flexibility index (Phi) is 8.08. The van der Waals surface area contributed by atoms with Crippen molar-refractivity contribution in [3.05, 3.63) is 0 Å². The van der Waals surface area contributed by atoms with Crippen LogP contribution in [0.2, 0.25) is 0 Å². The average molecular weight is 344 g/mol. The minimum absolute atomic E-state index is 0.0326. The van der Waals surface area contributed by atoms with Gasteiger partial charge < -0.3 is 15.0 Å². The molecule has 1 aliphatic heterocycles. The molecule has 1 heterocycles.